The molecule has 0 aliphatic rings. The van der Waals surface area contributed by atoms with Crippen LogP contribution in [0.3, 0.4) is 0 Å². The fraction of sp³-hybridized carbons (Fsp3) is 0.120. The molecule has 5 rings (SSSR count). The van der Waals surface area contributed by atoms with Gasteiger partial charge in [0.1, 0.15) is 11.4 Å². The molecule has 5 aromatic rings. The van der Waals surface area contributed by atoms with Crippen molar-refractivity contribution in [2.75, 3.05) is 0 Å². The Hall–Kier alpha value is -4.18. The highest BCUT2D eigenvalue weighted by Crippen LogP contribution is 2.34. The first-order valence-corrected chi connectivity index (χ1v) is 11.1. The number of benzene rings is 1. The summed E-state index contributed by atoms with van der Waals surface area (Å²) in [5.74, 6) is 0. The predicted molar refractivity (Wildman–Crippen MR) is 127 cm³/mol. The highest BCUT2D eigenvalue weighted by atomic mass is 35.5. The van der Waals surface area contributed by atoms with E-state index in [2.05, 4.69) is 25.3 Å². The van der Waals surface area contributed by atoms with Crippen LogP contribution in [0.15, 0.2) is 78.1 Å². The summed E-state index contributed by atoms with van der Waals surface area (Å²) in [6.07, 6.45) is 1.91. The van der Waals surface area contributed by atoms with Crippen LogP contribution in [0.1, 0.15) is 17.0 Å². The van der Waals surface area contributed by atoms with Crippen LogP contribution in [-0.4, -0.2) is 29.8 Å². The average molecular weight is 509 g/mol. The summed E-state index contributed by atoms with van der Waals surface area (Å²) >= 11 is 6.05. The van der Waals surface area contributed by atoms with E-state index >= 15 is 0 Å². The van der Waals surface area contributed by atoms with Gasteiger partial charge in [-0.15, -0.1) is 10.2 Å². The molecule has 0 amide bonds. The van der Waals surface area contributed by atoms with Gasteiger partial charge in [-0.2, -0.15) is 22.8 Å². The van der Waals surface area contributed by atoms with Crippen molar-refractivity contribution in [3.8, 4) is 22.3 Å². The first-order valence-electron chi connectivity index (χ1n) is 10.8. The summed E-state index contributed by atoms with van der Waals surface area (Å²) in [5.41, 5.74) is 2.49. The van der Waals surface area contributed by atoms with Crippen LogP contribution in [0.25, 0.3) is 27.9 Å². The molecule has 4 aromatic heterocycles. The van der Waals surface area contributed by atoms with Crippen molar-refractivity contribution in [1.82, 2.24) is 29.8 Å². The highest BCUT2D eigenvalue weighted by Gasteiger charge is 2.32. The Morgan fingerprint density at radius 1 is 0.861 bits per heavy atom. The Bertz CT molecular complexity index is 1590. The molecule has 0 saturated carbocycles. The summed E-state index contributed by atoms with van der Waals surface area (Å²) in [4.78, 5) is 20.7. The number of fused-ring (bicyclic) bond motifs is 1. The van der Waals surface area contributed by atoms with Gasteiger partial charge in [0, 0.05) is 41.2 Å². The molecule has 0 N–H and O–H groups in total. The highest BCUT2D eigenvalue weighted by molar-refractivity contribution is 6.30. The monoisotopic (exact) mass is 508 g/mol. The number of hydrogen-bond donors (Lipinski definition) is 0. The molecule has 0 atom stereocenters. The van der Waals surface area contributed by atoms with Gasteiger partial charge in [0.05, 0.1) is 6.20 Å². The topological polar surface area (TPSA) is 85.9 Å². The fourth-order valence-electron chi connectivity index (χ4n) is 3.79. The maximum atomic E-state index is 13.2. The predicted octanol–water partition coefficient (Wildman–Crippen LogP) is 5.07. The van der Waals surface area contributed by atoms with Crippen LogP contribution >= 0.6 is 11.6 Å². The molecule has 36 heavy (non-hydrogen) atoms. The maximum Gasteiger partial charge on any atom is 0.433 e. The second-order valence-electron chi connectivity index (χ2n) is 7.91. The van der Waals surface area contributed by atoms with Crippen molar-refractivity contribution >= 4 is 17.2 Å². The van der Waals surface area contributed by atoms with Crippen LogP contribution in [-0.2, 0) is 19.0 Å². The van der Waals surface area contributed by atoms with Crippen LogP contribution in [0.5, 0.6) is 0 Å². The summed E-state index contributed by atoms with van der Waals surface area (Å²) in [6, 6.07) is 13.0. The number of halogens is 4. The summed E-state index contributed by atoms with van der Waals surface area (Å²) in [7, 11) is 0. The van der Waals surface area contributed by atoms with Crippen molar-refractivity contribution in [1.29, 1.82) is 0 Å². The van der Waals surface area contributed by atoms with Crippen LogP contribution in [0, 0.1) is 0 Å². The second-order valence-corrected chi connectivity index (χ2v) is 8.35. The lowest BCUT2D eigenvalue weighted by molar-refractivity contribution is -0.141. The van der Waals surface area contributed by atoms with Gasteiger partial charge in [0.15, 0.2) is 5.65 Å². The summed E-state index contributed by atoms with van der Waals surface area (Å²) in [5, 5.41) is 13.4. The van der Waals surface area contributed by atoms with E-state index in [-0.39, 0.29) is 24.2 Å². The average Bonchev–Trinajstić information content (AvgIpc) is 2.88. The van der Waals surface area contributed by atoms with E-state index in [1.165, 1.54) is 10.6 Å². The standard InChI is InChI=1S/C25H16ClF3N6O/c26-18-5-3-16(4-6-18)19-14-32-35-23(22(19)17-9-11-30-12-10-17)34-33-20(24(35)36)7-1-15-2-8-21(31-13-15)25(27,28)29/h2-6,8-14H,1,7H2. The number of pyridine rings is 2. The van der Waals surface area contributed by atoms with Crippen molar-refractivity contribution in [2.45, 2.75) is 19.0 Å². The van der Waals surface area contributed by atoms with E-state index < -0.39 is 17.4 Å². The molecule has 0 radical (unpaired) electrons. The molecule has 0 spiro atoms. The third-order valence-electron chi connectivity index (χ3n) is 5.59. The lowest BCUT2D eigenvalue weighted by Gasteiger charge is -2.13. The minimum atomic E-state index is -4.51. The van der Waals surface area contributed by atoms with Crippen LogP contribution in [0.2, 0.25) is 5.02 Å². The quantitative estimate of drug-likeness (QED) is 0.329. The normalized spacial score (nSPS) is 11.7. The summed E-state index contributed by atoms with van der Waals surface area (Å²) in [6.45, 7) is 0. The molecular formula is C25H16ClF3N6O. The van der Waals surface area contributed by atoms with E-state index in [4.69, 9.17) is 11.6 Å². The Morgan fingerprint density at radius 2 is 1.61 bits per heavy atom. The molecule has 180 valence electrons. The zero-order valence-electron chi connectivity index (χ0n) is 18.4. The Kier molecular flexibility index (Phi) is 6.19. The van der Waals surface area contributed by atoms with Crippen molar-refractivity contribution in [3.05, 3.63) is 106 Å². The molecule has 7 nitrogen and oxygen atoms in total. The Morgan fingerprint density at radius 3 is 2.28 bits per heavy atom. The number of alkyl halides is 3. The van der Waals surface area contributed by atoms with E-state index in [1.807, 2.05) is 12.1 Å². The molecule has 0 saturated heterocycles. The van der Waals surface area contributed by atoms with Crippen molar-refractivity contribution in [2.24, 2.45) is 0 Å². The lowest BCUT2D eigenvalue weighted by atomic mass is 9.97. The van der Waals surface area contributed by atoms with Crippen LogP contribution in [0.4, 0.5) is 13.2 Å². The third kappa shape index (κ3) is 4.67. The number of aryl methyl sites for hydroxylation is 2. The molecule has 0 aliphatic carbocycles. The molecule has 4 heterocycles. The Labute approximate surface area is 207 Å². The van der Waals surface area contributed by atoms with Crippen LogP contribution < -0.4 is 5.56 Å². The van der Waals surface area contributed by atoms with Gasteiger partial charge in [-0.05, 0) is 53.4 Å². The van der Waals surface area contributed by atoms with Gasteiger partial charge in [0.25, 0.3) is 5.56 Å². The largest absolute Gasteiger partial charge is 0.433 e. The van der Waals surface area contributed by atoms with Crippen molar-refractivity contribution < 1.29 is 13.2 Å². The molecular weight excluding hydrogens is 493 g/mol. The van der Waals surface area contributed by atoms with E-state index in [0.29, 0.717) is 16.1 Å². The van der Waals surface area contributed by atoms with E-state index in [9.17, 15) is 18.0 Å². The number of aromatic nitrogens is 6. The SMILES string of the molecule is O=c1c(CCc2ccc(C(F)(F)F)nc2)nnc2c(-c3ccncc3)c(-c3ccc(Cl)cc3)cnn12. The zero-order chi connectivity index (χ0) is 25.3. The zero-order valence-corrected chi connectivity index (χ0v) is 19.2. The second kappa shape index (κ2) is 9.46. The van der Waals surface area contributed by atoms with Gasteiger partial charge in [-0.3, -0.25) is 14.8 Å². The van der Waals surface area contributed by atoms with Gasteiger partial charge >= 0.3 is 6.18 Å². The van der Waals surface area contributed by atoms with E-state index in [0.717, 1.165) is 29.0 Å². The minimum absolute atomic E-state index is 0.139. The maximum absolute atomic E-state index is 13.2. The number of nitrogens with zero attached hydrogens (tertiary/aromatic N) is 6. The Balaban J connectivity index is 1.54. The van der Waals surface area contributed by atoms with Crippen molar-refractivity contribution in [3.63, 3.8) is 0 Å². The lowest BCUT2D eigenvalue weighted by Crippen LogP contribution is -2.25. The van der Waals surface area contributed by atoms with Gasteiger partial charge in [-0.25, -0.2) is 0 Å². The first-order chi connectivity index (χ1) is 17.3. The van der Waals surface area contributed by atoms with Gasteiger partial charge in [0.2, 0.25) is 0 Å². The van der Waals surface area contributed by atoms with Gasteiger partial charge < -0.3 is 0 Å². The third-order valence-corrected chi connectivity index (χ3v) is 5.84. The number of rotatable bonds is 5. The molecule has 0 bridgehead atoms. The summed E-state index contributed by atoms with van der Waals surface area (Å²) < 4.78 is 39.4. The van der Waals surface area contributed by atoms with Gasteiger partial charge in [-0.1, -0.05) is 29.8 Å². The molecule has 11 heteroatoms. The number of hydrogen-bond acceptors (Lipinski definition) is 6. The molecule has 0 fully saturated rings. The first kappa shape index (κ1) is 23.6. The molecule has 0 unspecified atom stereocenters. The smallest absolute Gasteiger partial charge is 0.265 e. The molecule has 0 aliphatic heterocycles. The fourth-order valence-corrected chi connectivity index (χ4v) is 3.91. The minimum Gasteiger partial charge on any atom is -0.265 e. The molecule has 1 aromatic carbocycles. The van der Waals surface area contributed by atoms with E-state index in [1.54, 1.807) is 42.9 Å².